The predicted molar refractivity (Wildman–Crippen MR) is 278 cm³/mol. The van der Waals surface area contributed by atoms with Crippen LogP contribution in [0, 0.1) is 15.9 Å². The molecular formula is C63H50N4OPt-2. The first-order valence-corrected chi connectivity index (χ1v) is 25.0. The van der Waals surface area contributed by atoms with E-state index < -0.39 is 0 Å². The first-order valence-electron chi connectivity index (χ1n) is 23.9. The van der Waals surface area contributed by atoms with E-state index in [0.717, 1.165) is 49.8 Å². The molecule has 12 rings (SSSR count). The molecule has 340 valence electrons. The van der Waals surface area contributed by atoms with Crippen LogP contribution in [0.3, 0.4) is 0 Å². The van der Waals surface area contributed by atoms with Crippen LogP contribution in [-0.4, -0.2) is 18.7 Å². The summed E-state index contributed by atoms with van der Waals surface area (Å²) in [5, 5.41) is 2.23. The van der Waals surface area contributed by atoms with Crippen LogP contribution in [0.15, 0.2) is 194 Å². The molecule has 2 atom stereocenters. The molecule has 8 aromatic carbocycles. The van der Waals surface area contributed by atoms with Crippen molar-refractivity contribution in [1.29, 1.82) is 0 Å². The second-order valence-corrected chi connectivity index (χ2v) is 20.3. The average molecular weight is 1070 g/mol. The topological polar surface area (TPSA) is 36.9 Å². The Morgan fingerprint density at radius 2 is 1.20 bits per heavy atom. The van der Waals surface area contributed by atoms with Gasteiger partial charge in [-0.05, 0) is 40.3 Å². The average Bonchev–Trinajstić information content (AvgIpc) is 3.86. The van der Waals surface area contributed by atoms with Crippen LogP contribution in [0.2, 0.25) is 0 Å². The molecule has 1 aliphatic rings. The van der Waals surface area contributed by atoms with Gasteiger partial charge < -0.3 is 0 Å². The Labute approximate surface area is 414 Å². The number of fused-ring (bicyclic) bond motifs is 5. The van der Waals surface area contributed by atoms with Crippen molar-refractivity contribution in [2.75, 3.05) is 0 Å². The number of rotatable bonds is 8. The Balaban J connectivity index is 0.992. The van der Waals surface area contributed by atoms with Gasteiger partial charge in [0.25, 0.3) is 0 Å². The quantitative estimate of drug-likeness (QED) is 0.142. The summed E-state index contributed by atoms with van der Waals surface area (Å²) in [6.45, 7) is 9.07. The Morgan fingerprint density at radius 1 is 0.565 bits per heavy atom. The standard InChI is InChI=1S/C63H50N4O.Pt/c1-42-27-33-56(65-41-66(59-26-15-14-25-58(59)65)62-51(44-19-10-6-11-20-44)23-16-24-52(62)45-21-12-7-13-22-45)55-39-48(29-31-50(42)55)68-49-30-32-53-54-37-46(43-17-8-5-9-18-43)28-34-57(54)67(60(53)40-49)61-38-47(35-36-64-61)63(2,3)4;/h5-26,28-32,34-38,42,56H,27,33H2,1-4H3;/q-2;. The second kappa shape index (κ2) is 17.3. The van der Waals surface area contributed by atoms with Gasteiger partial charge in [0.15, 0.2) is 0 Å². The molecule has 0 spiro atoms. The van der Waals surface area contributed by atoms with Crippen molar-refractivity contribution in [3.8, 4) is 56.4 Å². The summed E-state index contributed by atoms with van der Waals surface area (Å²) in [7, 11) is 0. The van der Waals surface area contributed by atoms with Gasteiger partial charge in [-0.25, -0.2) is 4.98 Å². The Kier molecular flexibility index (Phi) is 10.8. The van der Waals surface area contributed by atoms with Crippen molar-refractivity contribution in [2.24, 2.45) is 0 Å². The molecule has 0 N–H and O–H groups in total. The van der Waals surface area contributed by atoms with Gasteiger partial charge in [0.1, 0.15) is 0 Å². The van der Waals surface area contributed by atoms with Gasteiger partial charge in [-0.1, -0.05) is 63.2 Å². The minimum atomic E-state index is -0.0460. The summed E-state index contributed by atoms with van der Waals surface area (Å²) in [6, 6.07) is 75.0. The van der Waals surface area contributed by atoms with Gasteiger partial charge >= 0.3 is 302 Å². The van der Waals surface area contributed by atoms with Gasteiger partial charge in [0.05, 0.1) is 0 Å². The minimum absolute atomic E-state index is 0.0245. The molecule has 1 aliphatic carbocycles. The van der Waals surface area contributed by atoms with Gasteiger partial charge in [0.2, 0.25) is 0 Å². The van der Waals surface area contributed by atoms with Crippen LogP contribution in [0.25, 0.3) is 77.7 Å². The van der Waals surface area contributed by atoms with E-state index in [0.29, 0.717) is 17.4 Å². The van der Waals surface area contributed by atoms with Crippen LogP contribution in [0.1, 0.15) is 69.2 Å². The SMILES string of the molecule is CC1CCC(n2[c](=[Pt])n(-c3c(-c4ccccc4)cccc3-c3ccccc3)c3ccccc32)c2[c-]c(Oc3[c-]c4c(cc3)c3cc(-c5ccccc5)ccc3n4-c3cc(C(C)(C)C)ccn3)ccc21. The van der Waals surface area contributed by atoms with E-state index in [1.807, 2.05) is 12.3 Å². The van der Waals surface area contributed by atoms with Crippen molar-refractivity contribution < 1.29 is 24.1 Å². The van der Waals surface area contributed by atoms with Crippen molar-refractivity contribution in [3.63, 3.8) is 0 Å². The number of aromatic nitrogens is 4. The third kappa shape index (κ3) is 7.61. The zero-order valence-electron chi connectivity index (χ0n) is 39.1. The molecule has 0 radical (unpaired) electrons. The molecule has 5 nitrogen and oxygen atoms in total. The van der Waals surface area contributed by atoms with Crippen LogP contribution in [-0.2, 0) is 24.8 Å². The van der Waals surface area contributed by atoms with Gasteiger partial charge in [0, 0.05) is 6.20 Å². The van der Waals surface area contributed by atoms with E-state index in [1.54, 1.807) is 0 Å². The first kappa shape index (κ1) is 43.0. The van der Waals surface area contributed by atoms with Gasteiger partial charge in [-0.2, -0.15) is 0 Å². The number of nitrogens with zero attached hydrogens (tertiary/aromatic N) is 4. The van der Waals surface area contributed by atoms with Crippen LogP contribution >= 0.6 is 0 Å². The second-order valence-electron chi connectivity index (χ2n) is 19.3. The fraction of sp³-hybridized carbons (Fsp3) is 0.143. The van der Waals surface area contributed by atoms with Crippen LogP contribution < -0.4 is 4.74 Å². The van der Waals surface area contributed by atoms with Crippen molar-refractivity contribution in [1.82, 2.24) is 18.7 Å². The fourth-order valence-electron chi connectivity index (χ4n) is 10.5. The predicted octanol–water partition coefficient (Wildman–Crippen LogP) is 16.2. The molecule has 0 amide bonds. The Hall–Kier alpha value is -7.33. The zero-order chi connectivity index (χ0) is 46.8. The molecule has 69 heavy (non-hydrogen) atoms. The number of hydrogen-bond acceptors (Lipinski definition) is 2. The van der Waals surface area contributed by atoms with Crippen molar-refractivity contribution >= 4 is 32.8 Å². The summed E-state index contributed by atoms with van der Waals surface area (Å²) in [6.07, 6.45) is 3.96. The number of benzene rings is 8. The summed E-state index contributed by atoms with van der Waals surface area (Å²) in [5.41, 5.74) is 16.2. The Morgan fingerprint density at radius 3 is 1.90 bits per heavy atom. The van der Waals surface area contributed by atoms with Crippen molar-refractivity contribution in [2.45, 2.75) is 57.9 Å². The summed E-state index contributed by atoms with van der Waals surface area (Å²) >= 11 is 2.58. The number of para-hydroxylation sites is 3. The molecule has 0 saturated carbocycles. The maximum atomic E-state index is 6.89. The van der Waals surface area contributed by atoms with E-state index in [2.05, 4.69) is 255 Å². The van der Waals surface area contributed by atoms with E-state index in [1.165, 1.54) is 61.3 Å². The van der Waals surface area contributed by atoms with Gasteiger partial charge in [-0.15, -0.1) is 0 Å². The Bertz CT molecular complexity index is 3730. The number of pyridine rings is 1. The van der Waals surface area contributed by atoms with Crippen LogP contribution in [0.5, 0.6) is 11.5 Å². The maximum absolute atomic E-state index is 6.89. The monoisotopic (exact) mass is 1070 g/mol. The molecule has 11 aromatic rings. The number of ether oxygens (including phenoxy) is 1. The zero-order valence-corrected chi connectivity index (χ0v) is 41.3. The summed E-state index contributed by atoms with van der Waals surface area (Å²) < 4.78 is 15.3. The third-order valence-electron chi connectivity index (χ3n) is 14.0. The molecule has 0 fully saturated rings. The molecule has 6 heteroatoms. The molecule has 0 saturated heterocycles. The van der Waals surface area contributed by atoms with E-state index in [-0.39, 0.29) is 11.5 Å². The third-order valence-corrected chi connectivity index (χ3v) is 15.1. The molecule has 2 unspecified atom stereocenters. The van der Waals surface area contributed by atoms with E-state index in [9.17, 15) is 0 Å². The van der Waals surface area contributed by atoms with E-state index >= 15 is 0 Å². The van der Waals surface area contributed by atoms with E-state index in [4.69, 9.17) is 9.72 Å². The number of hydrogen-bond donors (Lipinski definition) is 0. The summed E-state index contributed by atoms with van der Waals surface area (Å²) in [5.74, 6) is 2.54. The molecule has 3 heterocycles. The molecule has 3 aromatic heterocycles. The van der Waals surface area contributed by atoms with Crippen LogP contribution in [0.4, 0.5) is 0 Å². The summed E-state index contributed by atoms with van der Waals surface area (Å²) in [4.78, 5) is 4.96. The normalized spacial score (nSPS) is 14.9. The van der Waals surface area contributed by atoms with Gasteiger partial charge in [-0.3, -0.25) is 0 Å². The first-order chi connectivity index (χ1) is 33.7. The molecular weight excluding hydrogens is 1020 g/mol. The molecule has 0 aliphatic heterocycles. The fourth-order valence-corrected chi connectivity index (χ4v) is 11.7. The number of imidazole rings is 1. The molecule has 0 bridgehead atoms. The van der Waals surface area contributed by atoms with Crippen molar-refractivity contribution in [3.05, 3.63) is 227 Å².